The molecule has 0 bridgehead atoms. The van der Waals surface area contributed by atoms with Crippen molar-refractivity contribution in [2.24, 2.45) is 0 Å². The Balaban J connectivity index is 1.36. The number of likely N-dealkylation sites (N-methyl/N-ethyl adjacent to an activating group) is 1. The molecule has 37 heavy (non-hydrogen) atoms. The summed E-state index contributed by atoms with van der Waals surface area (Å²) in [5.41, 5.74) is 3.56. The number of nitrogens with zero attached hydrogens (tertiary/aromatic N) is 8. The summed E-state index contributed by atoms with van der Waals surface area (Å²) in [6, 6.07) is 9.48. The topological polar surface area (TPSA) is 91.2 Å². The number of piperazine rings is 1. The van der Waals surface area contributed by atoms with Crippen LogP contribution in [-0.4, -0.2) is 81.9 Å². The van der Waals surface area contributed by atoms with Crippen LogP contribution in [0, 0.1) is 0 Å². The van der Waals surface area contributed by atoms with E-state index in [-0.39, 0.29) is 12.2 Å². The van der Waals surface area contributed by atoms with Crippen molar-refractivity contribution in [3.05, 3.63) is 66.4 Å². The first-order chi connectivity index (χ1) is 18.0. The van der Waals surface area contributed by atoms with Crippen molar-refractivity contribution < 1.29 is 4.79 Å². The number of carbonyl (C=O) groups is 1. The molecule has 1 aliphatic rings. The third-order valence-corrected chi connectivity index (χ3v) is 6.84. The number of carbonyl (C=O) groups excluding carboxylic acids is 1. The lowest BCUT2D eigenvalue weighted by atomic mass is 10.1. The molecule has 0 aliphatic carbocycles. The fourth-order valence-corrected chi connectivity index (χ4v) is 4.54. The van der Waals surface area contributed by atoms with E-state index in [9.17, 15) is 4.79 Å². The maximum Gasteiger partial charge on any atom is 0.169 e. The Hall–Kier alpha value is -3.98. The van der Waals surface area contributed by atoms with Gasteiger partial charge in [0, 0.05) is 62.6 Å². The minimum Gasteiger partial charge on any atom is -0.356 e. The Morgan fingerprint density at radius 3 is 2.51 bits per heavy atom. The van der Waals surface area contributed by atoms with Crippen LogP contribution in [0.15, 0.2) is 55.1 Å². The Morgan fingerprint density at radius 2 is 1.73 bits per heavy atom. The van der Waals surface area contributed by atoms with Crippen LogP contribution >= 0.6 is 0 Å². The molecule has 4 aromatic heterocycles. The number of anilines is 2. The number of hydrogen-bond acceptors (Lipinski definition) is 9. The molecule has 0 aromatic carbocycles. The van der Waals surface area contributed by atoms with E-state index in [1.165, 1.54) is 0 Å². The number of fused-ring (bicyclic) bond motifs is 1. The van der Waals surface area contributed by atoms with E-state index >= 15 is 0 Å². The normalized spacial score (nSPS) is 14.2. The zero-order valence-corrected chi connectivity index (χ0v) is 21.6. The molecule has 0 unspecified atom stereocenters. The Bertz CT molecular complexity index is 1400. The Kier molecular flexibility index (Phi) is 7.32. The highest BCUT2D eigenvalue weighted by atomic mass is 16.1. The van der Waals surface area contributed by atoms with E-state index in [4.69, 9.17) is 9.97 Å². The van der Waals surface area contributed by atoms with Crippen molar-refractivity contribution in [3.8, 4) is 11.4 Å². The third-order valence-electron chi connectivity index (χ3n) is 6.84. The monoisotopic (exact) mass is 496 g/mol. The molecule has 5 rings (SSSR count). The lowest BCUT2D eigenvalue weighted by Crippen LogP contribution is -2.44. The first-order valence-corrected chi connectivity index (χ1v) is 12.8. The first-order valence-electron chi connectivity index (χ1n) is 12.8. The summed E-state index contributed by atoms with van der Waals surface area (Å²) in [5.74, 6) is 1.70. The van der Waals surface area contributed by atoms with Gasteiger partial charge in [-0.1, -0.05) is 0 Å². The number of pyridine rings is 3. The maximum absolute atomic E-state index is 13.1. The molecule has 0 atom stereocenters. The molecule has 0 saturated carbocycles. The molecular formula is C28H32N8O. The summed E-state index contributed by atoms with van der Waals surface area (Å²) in [6.45, 7) is 9.70. The van der Waals surface area contributed by atoms with E-state index < -0.39 is 0 Å². The number of rotatable bonds is 8. The van der Waals surface area contributed by atoms with Gasteiger partial charge in [0.25, 0.3) is 0 Å². The van der Waals surface area contributed by atoms with Crippen LogP contribution in [0.2, 0.25) is 0 Å². The van der Waals surface area contributed by atoms with Gasteiger partial charge in [-0.05, 0) is 51.2 Å². The van der Waals surface area contributed by atoms with Crippen LogP contribution in [0.25, 0.3) is 22.3 Å². The largest absolute Gasteiger partial charge is 0.356 e. The molecule has 0 radical (unpaired) electrons. The van der Waals surface area contributed by atoms with Gasteiger partial charge in [-0.25, -0.2) is 15.0 Å². The SMILES string of the molecule is CCN(CC)c1cncc(-c2ccc3cnc(CC(=O)c4ccnc(N5CCN(C)CC5)c4)cc3n2)n1. The van der Waals surface area contributed by atoms with Crippen molar-refractivity contribution in [2.75, 3.05) is 56.1 Å². The summed E-state index contributed by atoms with van der Waals surface area (Å²) < 4.78 is 0. The Labute approximate surface area is 217 Å². The standard InChI is InChI=1S/C28H32N8O/c1-4-35(5-2)28-19-29-18-25(33-28)23-7-6-21-17-31-22(15-24(21)32-23)16-26(37)20-8-9-30-27(14-20)36-12-10-34(3)11-13-36/h6-9,14-15,17-19H,4-5,10-13,16H2,1-3H3. The minimum absolute atomic E-state index is 0.0126. The van der Waals surface area contributed by atoms with Crippen LogP contribution < -0.4 is 9.80 Å². The van der Waals surface area contributed by atoms with Gasteiger partial charge in [-0.3, -0.25) is 14.8 Å². The van der Waals surface area contributed by atoms with Gasteiger partial charge in [0.15, 0.2) is 5.78 Å². The molecule has 1 aliphatic heterocycles. The fraction of sp³-hybridized carbons (Fsp3) is 0.357. The van der Waals surface area contributed by atoms with Crippen molar-refractivity contribution >= 4 is 28.3 Å². The average molecular weight is 497 g/mol. The van der Waals surface area contributed by atoms with E-state index in [0.29, 0.717) is 17.0 Å². The highest BCUT2D eigenvalue weighted by molar-refractivity contribution is 5.98. The first kappa shape index (κ1) is 24.7. The zero-order valence-electron chi connectivity index (χ0n) is 21.6. The predicted octanol–water partition coefficient (Wildman–Crippen LogP) is 3.51. The minimum atomic E-state index is 0.0126. The second-order valence-corrected chi connectivity index (χ2v) is 9.29. The highest BCUT2D eigenvalue weighted by Crippen LogP contribution is 2.22. The average Bonchev–Trinajstić information content (AvgIpc) is 2.94. The summed E-state index contributed by atoms with van der Waals surface area (Å²) in [4.78, 5) is 42.8. The molecule has 9 heteroatoms. The van der Waals surface area contributed by atoms with Crippen LogP contribution in [0.1, 0.15) is 29.9 Å². The quantitative estimate of drug-likeness (QED) is 0.340. The highest BCUT2D eigenvalue weighted by Gasteiger charge is 2.17. The van der Waals surface area contributed by atoms with Crippen LogP contribution in [0.4, 0.5) is 11.6 Å². The van der Waals surface area contributed by atoms with Crippen molar-refractivity contribution in [1.82, 2.24) is 29.8 Å². The van der Waals surface area contributed by atoms with Gasteiger partial charge in [-0.2, -0.15) is 0 Å². The molecular weight excluding hydrogens is 464 g/mol. The van der Waals surface area contributed by atoms with Gasteiger partial charge < -0.3 is 14.7 Å². The number of aromatic nitrogens is 5. The summed E-state index contributed by atoms with van der Waals surface area (Å²) >= 11 is 0. The van der Waals surface area contributed by atoms with Gasteiger partial charge in [0.05, 0.1) is 35.7 Å². The summed E-state index contributed by atoms with van der Waals surface area (Å²) in [5, 5.41) is 0.911. The molecule has 5 heterocycles. The van der Waals surface area contributed by atoms with Gasteiger partial charge in [0.1, 0.15) is 17.3 Å². The zero-order chi connectivity index (χ0) is 25.8. The Morgan fingerprint density at radius 1 is 0.919 bits per heavy atom. The second-order valence-electron chi connectivity index (χ2n) is 9.29. The molecule has 0 spiro atoms. The molecule has 9 nitrogen and oxygen atoms in total. The van der Waals surface area contributed by atoms with Crippen molar-refractivity contribution in [1.29, 1.82) is 0 Å². The maximum atomic E-state index is 13.1. The predicted molar refractivity (Wildman–Crippen MR) is 146 cm³/mol. The van der Waals surface area contributed by atoms with E-state index in [2.05, 4.69) is 50.5 Å². The smallest absolute Gasteiger partial charge is 0.169 e. The molecule has 1 saturated heterocycles. The molecule has 4 aromatic rings. The van der Waals surface area contributed by atoms with Gasteiger partial charge >= 0.3 is 0 Å². The van der Waals surface area contributed by atoms with Crippen LogP contribution in [0.5, 0.6) is 0 Å². The third kappa shape index (κ3) is 5.56. The van der Waals surface area contributed by atoms with Crippen LogP contribution in [-0.2, 0) is 6.42 Å². The van der Waals surface area contributed by atoms with Crippen LogP contribution in [0.3, 0.4) is 0 Å². The number of ketones is 1. The van der Waals surface area contributed by atoms with Gasteiger partial charge in [0.2, 0.25) is 0 Å². The number of hydrogen-bond donors (Lipinski definition) is 0. The van der Waals surface area contributed by atoms with E-state index in [0.717, 1.165) is 67.5 Å². The lowest BCUT2D eigenvalue weighted by Gasteiger charge is -2.33. The number of Topliss-reactive ketones (excluding diaryl/α,β-unsaturated/α-hetero) is 1. The lowest BCUT2D eigenvalue weighted by molar-refractivity contribution is 0.0992. The van der Waals surface area contributed by atoms with E-state index in [1.807, 2.05) is 24.3 Å². The molecule has 0 amide bonds. The molecule has 0 N–H and O–H groups in total. The fourth-order valence-electron chi connectivity index (χ4n) is 4.54. The second kappa shape index (κ2) is 11.0. The summed E-state index contributed by atoms with van der Waals surface area (Å²) in [7, 11) is 2.12. The molecule has 190 valence electrons. The summed E-state index contributed by atoms with van der Waals surface area (Å²) in [6.07, 6.45) is 7.20. The molecule has 1 fully saturated rings. The van der Waals surface area contributed by atoms with E-state index in [1.54, 1.807) is 30.9 Å². The van der Waals surface area contributed by atoms with Gasteiger partial charge in [-0.15, -0.1) is 0 Å². The van der Waals surface area contributed by atoms with Crippen molar-refractivity contribution in [3.63, 3.8) is 0 Å². The van der Waals surface area contributed by atoms with Crippen molar-refractivity contribution in [2.45, 2.75) is 20.3 Å².